The molecule has 3 N–H and O–H groups in total. The summed E-state index contributed by atoms with van der Waals surface area (Å²) in [4.78, 5) is 27.6. The number of para-hydroxylation sites is 1. The zero-order valence-electron chi connectivity index (χ0n) is 21.9. The highest BCUT2D eigenvalue weighted by Crippen LogP contribution is 2.33. The SMILES string of the molecule is Cc1cnc(Nc2cc(C)n(C)n2)nc1-c1c[nH]c2c(NC(=O)CN3CC[C@H](Oc4ccon4)C3)cccc12. The fourth-order valence-electron chi connectivity index (χ4n) is 4.83. The quantitative estimate of drug-likeness (QED) is 0.275. The Hall–Kier alpha value is -4.71. The van der Waals surface area contributed by atoms with E-state index < -0.39 is 0 Å². The molecular formula is C27H29N9O3. The standard InChI is InChI=1S/C27H29N9O3/c1-16-12-29-27(31-22-11-17(2)35(3)33-22)32-25(16)20-13-28-26-19(20)5-4-6-21(26)30-23(37)15-36-9-7-18(14-36)39-24-8-10-38-34-24/h4-6,8,10-13,18,28H,7,9,14-15H2,1-3H3,(H,30,37)(H,29,31,32,33)/t18-/m0/s1. The fraction of sp³-hybridized carbons (Fsp3) is 0.296. The van der Waals surface area contributed by atoms with E-state index in [-0.39, 0.29) is 18.6 Å². The van der Waals surface area contributed by atoms with E-state index in [1.165, 1.54) is 6.26 Å². The van der Waals surface area contributed by atoms with Crippen LogP contribution in [-0.4, -0.2) is 66.4 Å². The van der Waals surface area contributed by atoms with Crippen molar-refractivity contribution in [3.05, 3.63) is 60.2 Å². The number of nitrogens with one attached hydrogen (secondary N) is 3. The summed E-state index contributed by atoms with van der Waals surface area (Å²) >= 11 is 0. The average Bonchev–Trinajstić information content (AvgIpc) is 3.71. The number of hydrogen-bond donors (Lipinski definition) is 3. The largest absolute Gasteiger partial charge is 0.471 e. The molecule has 39 heavy (non-hydrogen) atoms. The van der Waals surface area contributed by atoms with E-state index in [1.807, 2.05) is 51.4 Å². The minimum Gasteiger partial charge on any atom is -0.471 e. The van der Waals surface area contributed by atoms with Crippen LogP contribution < -0.4 is 15.4 Å². The Morgan fingerprint density at radius 1 is 1.28 bits per heavy atom. The van der Waals surface area contributed by atoms with Crippen molar-refractivity contribution in [2.75, 3.05) is 30.3 Å². The molecule has 0 aliphatic carbocycles. The van der Waals surface area contributed by atoms with Crippen LogP contribution in [0, 0.1) is 13.8 Å². The molecule has 0 bridgehead atoms. The van der Waals surface area contributed by atoms with Gasteiger partial charge in [-0.3, -0.25) is 14.4 Å². The van der Waals surface area contributed by atoms with Crippen LogP contribution in [-0.2, 0) is 11.8 Å². The van der Waals surface area contributed by atoms with Crippen LogP contribution in [0.1, 0.15) is 17.7 Å². The first-order chi connectivity index (χ1) is 18.9. The monoisotopic (exact) mass is 527 g/mol. The predicted molar refractivity (Wildman–Crippen MR) is 146 cm³/mol. The molecule has 200 valence electrons. The molecular weight excluding hydrogens is 498 g/mol. The van der Waals surface area contributed by atoms with Gasteiger partial charge in [0.1, 0.15) is 12.4 Å². The number of nitrogens with zero attached hydrogens (tertiary/aromatic N) is 6. The van der Waals surface area contributed by atoms with Gasteiger partial charge in [-0.25, -0.2) is 9.97 Å². The van der Waals surface area contributed by atoms with Gasteiger partial charge in [0, 0.05) is 61.3 Å². The van der Waals surface area contributed by atoms with Crippen LogP contribution in [0.25, 0.3) is 22.2 Å². The lowest BCUT2D eigenvalue weighted by molar-refractivity contribution is -0.117. The van der Waals surface area contributed by atoms with Crippen molar-refractivity contribution in [1.82, 2.24) is 34.8 Å². The number of aromatic amines is 1. The Kier molecular flexibility index (Phi) is 6.45. The minimum atomic E-state index is -0.0870. The number of H-pyrrole nitrogens is 1. The summed E-state index contributed by atoms with van der Waals surface area (Å²) in [6, 6.07) is 9.46. The lowest BCUT2D eigenvalue weighted by Crippen LogP contribution is -2.33. The van der Waals surface area contributed by atoms with Crippen molar-refractivity contribution in [2.24, 2.45) is 7.05 Å². The van der Waals surface area contributed by atoms with E-state index in [0.29, 0.717) is 29.9 Å². The van der Waals surface area contributed by atoms with Crippen LogP contribution in [0.5, 0.6) is 5.88 Å². The van der Waals surface area contributed by atoms with E-state index in [2.05, 4.69) is 35.8 Å². The van der Waals surface area contributed by atoms with Gasteiger partial charge < -0.3 is 24.9 Å². The smallest absolute Gasteiger partial charge is 0.254 e. The van der Waals surface area contributed by atoms with Crippen molar-refractivity contribution >= 4 is 34.3 Å². The molecule has 6 rings (SSSR count). The number of rotatable bonds is 8. The molecule has 0 spiro atoms. The van der Waals surface area contributed by atoms with E-state index >= 15 is 0 Å². The molecule has 5 heterocycles. The summed E-state index contributed by atoms with van der Waals surface area (Å²) in [6.45, 7) is 5.66. The van der Waals surface area contributed by atoms with Crippen molar-refractivity contribution in [3.63, 3.8) is 0 Å². The van der Waals surface area contributed by atoms with E-state index in [0.717, 1.165) is 46.4 Å². The van der Waals surface area contributed by atoms with E-state index in [9.17, 15) is 4.79 Å². The zero-order chi connectivity index (χ0) is 26.9. The lowest BCUT2D eigenvalue weighted by Gasteiger charge is -2.16. The molecule has 0 unspecified atom stereocenters. The first kappa shape index (κ1) is 24.6. The normalized spacial score (nSPS) is 15.6. The number of benzene rings is 1. The maximum Gasteiger partial charge on any atom is 0.254 e. The molecule has 12 heteroatoms. The number of carbonyl (C=O) groups excluding carboxylic acids is 1. The second kappa shape index (κ2) is 10.2. The number of fused-ring (bicyclic) bond motifs is 1. The molecule has 1 aliphatic heterocycles. The molecule has 12 nitrogen and oxygen atoms in total. The highest BCUT2D eigenvalue weighted by molar-refractivity contribution is 6.06. The predicted octanol–water partition coefficient (Wildman–Crippen LogP) is 3.80. The highest BCUT2D eigenvalue weighted by atomic mass is 16.5. The zero-order valence-corrected chi connectivity index (χ0v) is 21.9. The van der Waals surface area contributed by atoms with Crippen molar-refractivity contribution in [3.8, 4) is 17.1 Å². The van der Waals surface area contributed by atoms with Gasteiger partial charge in [0.25, 0.3) is 5.88 Å². The Morgan fingerprint density at radius 2 is 2.18 bits per heavy atom. The number of ether oxygens (including phenoxy) is 1. The number of aromatic nitrogens is 6. The Bertz CT molecular complexity index is 1600. The van der Waals surface area contributed by atoms with E-state index in [1.54, 1.807) is 16.9 Å². The maximum atomic E-state index is 12.9. The summed E-state index contributed by atoms with van der Waals surface area (Å²) in [7, 11) is 1.89. The second-order valence-electron chi connectivity index (χ2n) is 9.72. The summed E-state index contributed by atoms with van der Waals surface area (Å²) in [5, 5.41) is 15.4. The van der Waals surface area contributed by atoms with Crippen LogP contribution >= 0.6 is 0 Å². The van der Waals surface area contributed by atoms with Gasteiger partial charge in [-0.15, -0.1) is 0 Å². The second-order valence-corrected chi connectivity index (χ2v) is 9.72. The molecule has 1 aromatic carbocycles. The molecule has 1 fully saturated rings. The summed E-state index contributed by atoms with van der Waals surface area (Å²) < 4.78 is 12.4. The maximum absolute atomic E-state index is 12.9. The number of amides is 1. The third kappa shape index (κ3) is 5.18. The summed E-state index contributed by atoms with van der Waals surface area (Å²) in [6.07, 6.45) is 5.99. The highest BCUT2D eigenvalue weighted by Gasteiger charge is 2.26. The summed E-state index contributed by atoms with van der Waals surface area (Å²) in [5.74, 6) is 1.52. The Labute approximate surface area is 224 Å². The van der Waals surface area contributed by atoms with Gasteiger partial charge in [-0.05, 0) is 37.1 Å². The molecule has 5 aromatic rings. The third-order valence-electron chi connectivity index (χ3n) is 6.87. The number of anilines is 3. The van der Waals surface area contributed by atoms with Gasteiger partial charge in [-0.2, -0.15) is 5.10 Å². The van der Waals surface area contributed by atoms with Crippen LogP contribution in [0.2, 0.25) is 0 Å². The number of likely N-dealkylation sites (tertiary alicyclic amines) is 1. The molecule has 1 saturated heterocycles. The molecule has 1 amide bonds. The Morgan fingerprint density at radius 3 is 2.97 bits per heavy atom. The van der Waals surface area contributed by atoms with Gasteiger partial charge in [0.05, 0.1) is 23.4 Å². The fourth-order valence-corrected chi connectivity index (χ4v) is 4.83. The molecule has 4 aromatic heterocycles. The lowest BCUT2D eigenvalue weighted by atomic mass is 10.1. The van der Waals surface area contributed by atoms with Gasteiger partial charge in [0.2, 0.25) is 11.9 Å². The molecule has 1 aliphatic rings. The minimum absolute atomic E-state index is 0.0190. The molecule has 0 radical (unpaired) electrons. The van der Waals surface area contributed by atoms with Gasteiger partial charge in [0.15, 0.2) is 5.82 Å². The first-order valence-electron chi connectivity index (χ1n) is 12.7. The third-order valence-corrected chi connectivity index (χ3v) is 6.87. The summed E-state index contributed by atoms with van der Waals surface area (Å²) in [5.41, 5.74) is 5.23. The number of hydrogen-bond acceptors (Lipinski definition) is 9. The first-order valence-corrected chi connectivity index (χ1v) is 12.7. The van der Waals surface area contributed by atoms with Gasteiger partial charge in [-0.1, -0.05) is 12.1 Å². The molecule has 1 atom stereocenters. The molecule has 0 saturated carbocycles. The van der Waals surface area contributed by atoms with Crippen LogP contribution in [0.4, 0.5) is 17.5 Å². The number of carbonyl (C=O) groups is 1. The van der Waals surface area contributed by atoms with E-state index in [4.69, 9.17) is 14.2 Å². The van der Waals surface area contributed by atoms with Crippen molar-refractivity contribution < 1.29 is 14.1 Å². The van der Waals surface area contributed by atoms with Crippen LogP contribution in [0.3, 0.4) is 0 Å². The topological polar surface area (TPSA) is 139 Å². The van der Waals surface area contributed by atoms with Crippen LogP contribution in [0.15, 0.2) is 53.5 Å². The average molecular weight is 528 g/mol. The van der Waals surface area contributed by atoms with Crippen molar-refractivity contribution in [2.45, 2.75) is 26.4 Å². The van der Waals surface area contributed by atoms with Crippen molar-refractivity contribution in [1.29, 1.82) is 0 Å². The number of aryl methyl sites for hydroxylation is 3. The van der Waals surface area contributed by atoms with Gasteiger partial charge >= 0.3 is 0 Å². The Balaban J connectivity index is 1.16.